The van der Waals surface area contributed by atoms with Crippen LogP contribution in [0.25, 0.3) is 0 Å². The smallest absolute Gasteiger partial charge is 0.306 e. The third-order valence-electron chi connectivity index (χ3n) is 3.81. The average Bonchev–Trinajstić information content (AvgIpc) is 2.47. The molecule has 3 unspecified atom stereocenters. The van der Waals surface area contributed by atoms with E-state index in [1.54, 1.807) is 0 Å². The van der Waals surface area contributed by atoms with Crippen LogP contribution >= 0.6 is 0 Å². The molecule has 1 aliphatic rings. The Morgan fingerprint density at radius 3 is 2.69 bits per heavy atom. The molecule has 1 rings (SSSR count). The van der Waals surface area contributed by atoms with Crippen molar-refractivity contribution in [2.24, 2.45) is 5.92 Å². The molecule has 16 heavy (non-hydrogen) atoms. The Hall–Kier alpha value is -0.570. The number of aliphatic hydroxyl groups excluding tert-OH is 1. The average molecular weight is 228 g/mol. The molecule has 1 aliphatic carbocycles. The molecule has 1 N–H and O–H groups in total. The van der Waals surface area contributed by atoms with Gasteiger partial charge < -0.3 is 9.84 Å². The number of hydrogen-bond donors (Lipinski definition) is 1. The molecule has 0 saturated heterocycles. The summed E-state index contributed by atoms with van der Waals surface area (Å²) in [6.45, 7) is 6.00. The van der Waals surface area contributed by atoms with Crippen molar-refractivity contribution in [1.29, 1.82) is 0 Å². The molecular weight excluding hydrogens is 204 g/mol. The fourth-order valence-electron chi connectivity index (χ4n) is 2.29. The van der Waals surface area contributed by atoms with Crippen molar-refractivity contribution in [2.45, 2.75) is 71.0 Å². The minimum Gasteiger partial charge on any atom is -0.459 e. The molecule has 1 saturated carbocycles. The largest absolute Gasteiger partial charge is 0.459 e. The maximum absolute atomic E-state index is 11.6. The highest BCUT2D eigenvalue weighted by Crippen LogP contribution is 2.38. The number of ether oxygens (including phenoxy) is 1. The Kier molecular flexibility index (Phi) is 4.78. The Morgan fingerprint density at radius 1 is 1.50 bits per heavy atom. The van der Waals surface area contributed by atoms with Gasteiger partial charge in [0.2, 0.25) is 0 Å². The molecule has 3 nitrogen and oxygen atoms in total. The molecule has 94 valence electrons. The SMILES string of the molecule is CCCCCC(=O)OC1(C)CCC(O)C1C. The van der Waals surface area contributed by atoms with Crippen LogP contribution in [0.5, 0.6) is 0 Å². The van der Waals surface area contributed by atoms with E-state index in [0.29, 0.717) is 6.42 Å². The van der Waals surface area contributed by atoms with E-state index in [9.17, 15) is 9.90 Å². The third kappa shape index (κ3) is 3.21. The van der Waals surface area contributed by atoms with E-state index < -0.39 is 5.60 Å². The van der Waals surface area contributed by atoms with Crippen LogP contribution in [0.2, 0.25) is 0 Å². The van der Waals surface area contributed by atoms with Crippen LogP contribution < -0.4 is 0 Å². The van der Waals surface area contributed by atoms with E-state index in [1.165, 1.54) is 0 Å². The molecule has 0 amide bonds. The molecule has 1 fully saturated rings. The summed E-state index contributed by atoms with van der Waals surface area (Å²) in [5.41, 5.74) is -0.456. The van der Waals surface area contributed by atoms with Crippen LogP contribution in [0.4, 0.5) is 0 Å². The summed E-state index contributed by atoms with van der Waals surface area (Å²) in [6, 6.07) is 0. The highest BCUT2D eigenvalue weighted by atomic mass is 16.6. The fourth-order valence-corrected chi connectivity index (χ4v) is 2.29. The second-order valence-corrected chi connectivity index (χ2v) is 5.14. The van der Waals surface area contributed by atoms with E-state index >= 15 is 0 Å². The van der Waals surface area contributed by atoms with Crippen molar-refractivity contribution in [3.63, 3.8) is 0 Å². The number of carbonyl (C=O) groups is 1. The summed E-state index contributed by atoms with van der Waals surface area (Å²) >= 11 is 0. The standard InChI is InChI=1S/C13H24O3/c1-4-5-6-7-12(15)16-13(3)9-8-11(14)10(13)2/h10-11,14H,4-9H2,1-3H3. The predicted molar refractivity (Wildman–Crippen MR) is 63.0 cm³/mol. The van der Waals surface area contributed by atoms with Crippen molar-refractivity contribution < 1.29 is 14.6 Å². The topological polar surface area (TPSA) is 46.5 Å². The molecular formula is C13H24O3. The van der Waals surface area contributed by atoms with Gasteiger partial charge in [0, 0.05) is 12.3 Å². The zero-order valence-corrected chi connectivity index (χ0v) is 10.7. The minimum atomic E-state index is -0.456. The van der Waals surface area contributed by atoms with Gasteiger partial charge >= 0.3 is 5.97 Å². The van der Waals surface area contributed by atoms with Crippen LogP contribution in [-0.2, 0) is 9.53 Å². The lowest BCUT2D eigenvalue weighted by atomic mass is 9.93. The second-order valence-electron chi connectivity index (χ2n) is 5.14. The Bertz CT molecular complexity index is 239. The highest BCUT2D eigenvalue weighted by molar-refractivity contribution is 5.69. The minimum absolute atomic E-state index is 0.0441. The quantitative estimate of drug-likeness (QED) is 0.581. The maximum atomic E-state index is 11.6. The zero-order chi connectivity index (χ0) is 12.2. The number of aliphatic hydroxyl groups is 1. The molecule has 3 atom stereocenters. The van der Waals surface area contributed by atoms with E-state index in [4.69, 9.17) is 4.74 Å². The first kappa shape index (κ1) is 13.5. The van der Waals surface area contributed by atoms with Gasteiger partial charge in [-0.2, -0.15) is 0 Å². The predicted octanol–water partition coefficient (Wildman–Crippen LogP) is 2.66. The number of carbonyl (C=O) groups excluding carboxylic acids is 1. The van der Waals surface area contributed by atoms with Crippen LogP contribution in [0.1, 0.15) is 59.3 Å². The molecule has 0 bridgehead atoms. The fraction of sp³-hybridized carbons (Fsp3) is 0.923. The van der Waals surface area contributed by atoms with Gasteiger partial charge in [0.05, 0.1) is 6.10 Å². The van der Waals surface area contributed by atoms with Gasteiger partial charge in [0.25, 0.3) is 0 Å². The van der Waals surface area contributed by atoms with Gasteiger partial charge in [0.1, 0.15) is 5.60 Å². The van der Waals surface area contributed by atoms with E-state index in [2.05, 4.69) is 6.92 Å². The van der Waals surface area contributed by atoms with Crippen molar-refractivity contribution in [1.82, 2.24) is 0 Å². The number of esters is 1. The Morgan fingerprint density at radius 2 is 2.19 bits per heavy atom. The molecule has 3 heteroatoms. The van der Waals surface area contributed by atoms with E-state index in [-0.39, 0.29) is 18.0 Å². The summed E-state index contributed by atoms with van der Waals surface area (Å²) in [4.78, 5) is 11.6. The summed E-state index contributed by atoms with van der Waals surface area (Å²) < 4.78 is 5.53. The maximum Gasteiger partial charge on any atom is 0.306 e. The molecule has 0 aromatic carbocycles. The summed E-state index contributed by atoms with van der Waals surface area (Å²) in [6.07, 6.45) is 4.78. The van der Waals surface area contributed by atoms with Crippen LogP contribution in [0, 0.1) is 5.92 Å². The van der Waals surface area contributed by atoms with Crippen LogP contribution in [-0.4, -0.2) is 22.8 Å². The van der Waals surface area contributed by atoms with Gasteiger partial charge in [-0.05, 0) is 26.2 Å². The highest BCUT2D eigenvalue weighted by Gasteiger charge is 2.44. The lowest BCUT2D eigenvalue weighted by Gasteiger charge is -2.30. The second kappa shape index (κ2) is 5.67. The monoisotopic (exact) mass is 228 g/mol. The van der Waals surface area contributed by atoms with Gasteiger partial charge in [-0.15, -0.1) is 0 Å². The molecule has 0 spiro atoms. The molecule has 0 heterocycles. The zero-order valence-electron chi connectivity index (χ0n) is 10.7. The first-order valence-electron chi connectivity index (χ1n) is 6.39. The molecule has 0 radical (unpaired) electrons. The normalized spacial score (nSPS) is 34.0. The lowest BCUT2D eigenvalue weighted by molar-refractivity contribution is -0.162. The van der Waals surface area contributed by atoms with Crippen molar-refractivity contribution in [2.75, 3.05) is 0 Å². The van der Waals surface area contributed by atoms with Crippen LogP contribution in [0.15, 0.2) is 0 Å². The molecule has 0 aliphatic heterocycles. The summed E-state index contributed by atoms with van der Waals surface area (Å²) in [5, 5.41) is 9.67. The molecule has 0 aromatic rings. The number of hydrogen-bond acceptors (Lipinski definition) is 3. The van der Waals surface area contributed by atoms with Gasteiger partial charge in [-0.25, -0.2) is 0 Å². The summed E-state index contributed by atoms with van der Waals surface area (Å²) in [7, 11) is 0. The van der Waals surface area contributed by atoms with Crippen molar-refractivity contribution in [3.05, 3.63) is 0 Å². The van der Waals surface area contributed by atoms with Gasteiger partial charge in [-0.3, -0.25) is 4.79 Å². The number of unbranched alkanes of at least 4 members (excludes halogenated alkanes) is 2. The number of rotatable bonds is 5. The lowest BCUT2D eigenvalue weighted by Crippen LogP contribution is -2.37. The van der Waals surface area contributed by atoms with Crippen molar-refractivity contribution in [3.8, 4) is 0 Å². The Balaban J connectivity index is 2.38. The van der Waals surface area contributed by atoms with Gasteiger partial charge in [-0.1, -0.05) is 26.7 Å². The first-order chi connectivity index (χ1) is 7.49. The van der Waals surface area contributed by atoms with Gasteiger partial charge in [0.15, 0.2) is 0 Å². The first-order valence-corrected chi connectivity index (χ1v) is 6.39. The van der Waals surface area contributed by atoms with E-state index in [0.717, 1.165) is 32.1 Å². The third-order valence-corrected chi connectivity index (χ3v) is 3.81. The summed E-state index contributed by atoms with van der Waals surface area (Å²) in [5.74, 6) is -0.0699. The van der Waals surface area contributed by atoms with Crippen molar-refractivity contribution >= 4 is 5.97 Å². The van der Waals surface area contributed by atoms with E-state index in [1.807, 2.05) is 13.8 Å². The Labute approximate surface area is 98.2 Å². The van der Waals surface area contributed by atoms with Crippen LogP contribution in [0.3, 0.4) is 0 Å². The molecule has 0 aromatic heterocycles.